The Morgan fingerprint density at radius 2 is 1.37 bits per heavy atom. The molecule has 4 atom stereocenters. The van der Waals surface area contributed by atoms with Crippen molar-refractivity contribution in [1.82, 2.24) is 5.32 Å². The van der Waals surface area contributed by atoms with Crippen LogP contribution in [-0.2, 0) is 28.6 Å². The summed E-state index contributed by atoms with van der Waals surface area (Å²) in [6.07, 6.45) is -2.18. The minimum Gasteiger partial charge on any atom is -0.457 e. The highest BCUT2D eigenvalue weighted by atomic mass is 16.6. The summed E-state index contributed by atoms with van der Waals surface area (Å²) in [6, 6.07) is -0.208. The van der Waals surface area contributed by atoms with Crippen LogP contribution in [0.5, 0.6) is 0 Å². The van der Waals surface area contributed by atoms with E-state index >= 15 is 0 Å². The highest BCUT2D eigenvalue weighted by molar-refractivity contribution is 5.68. The van der Waals surface area contributed by atoms with Crippen LogP contribution in [0.2, 0.25) is 0 Å². The Labute approximate surface area is 111 Å². The third-order valence-electron chi connectivity index (χ3n) is 2.75. The van der Waals surface area contributed by atoms with Crippen molar-refractivity contribution in [2.45, 2.75) is 52.0 Å². The minimum absolute atomic E-state index is 0.208. The SMILES string of the molecule is CC(=O)O[C@@H]1[C@H](OC(C)=O)[C@H](C)NC[C@H]1OC(C)=O. The largest absolute Gasteiger partial charge is 0.457 e. The molecule has 1 saturated heterocycles. The lowest BCUT2D eigenvalue weighted by atomic mass is 9.96. The molecule has 1 aliphatic heterocycles. The number of hydrogen-bond donors (Lipinski definition) is 1. The molecular formula is C12H19NO6. The Hall–Kier alpha value is -1.63. The molecule has 0 amide bonds. The van der Waals surface area contributed by atoms with E-state index in [1.165, 1.54) is 20.8 Å². The number of hydrogen-bond acceptors (Lipinski definition) is 7. The van der Waals surface area contributed by atoms with Gasteiger partial charge in [-0.15, -0.1) is 0 Å². The van der Waals surface area contributed by atoms with Gasteiger partial charge in [0.2, 0.25) is 0 Å². The second-order valence-corrected chi connectivity index (χ2v) is 4.49. The van der Waals surface area contributed by atoms with Gasteiger partial charge in [-0.3, -0.25) is 14.4 Å². The zero-order valence-corrected chi connectivity index (χ0v) is 11.5. The molecule has 1 fully saturated rings. The van der Waals surface area contributed by atoms with Crippen molar-refractivity contribution in [3.05, 3.63) is 0 Å². The van der Waals surface area contributed by atoms with E-state index in [1.807, 2.05) is 0 Å². The van der Waals surface area contributed by atoms with Gasteiger partial charge in [0, 0.05) is 33.4 Å². The Balaban J connectivity index is 2.89. The highest BCUT2D eigenvalue weighted by Gasteiger charge is 2.43. The van der Waals surface area contributed by atoms with Crippen LogP contribution < -0.4 is 5.32 Å². The second kappa shape index (κ2) is 6.51. The monoisotopic (exact) mass is 273 g/mol. The summed E-state index contributed by atoms with van der Waals surface area (Å²) in [5.74, 6) is -1.49. The zero-order chi connectivity index (χ0) is 14.6. The van der Waals surface area contributed by atoms with Gasteiger partial charge in [-0.2, -0.15) is 0 Å². The van der Waals surface area contributed by atoms with Crippen molar-refractivity contribution in [3.8, 4) is 0 Å². The summed E-state index contributed by atoms with van der Waals surface area (Å²) < 4.78 is 15.4. The summed E-state index contributed by atoms with van der Waals surface area (Å²) in [6.45, 7) is 5.92. The van der Waals surface area contributed by atoms with Crippen molar-refractivity contribution in [2.24, 2.45) is 0 Å². The van der Waals surface area contributed by atoms with Gasteiger partial charge in [0.25, 0.3) is 0 Å². The Kier molecular flexibility index (Phi) is 5.29. The van der Waals surface area contributed by atoms with Gasteiger partial charge in [-0.05, 0) is 6.92 Å². The van der Waals surface area contributed by atoms with Crippen molar-refractivity contribution in [2.75, 3.05) is 6.54 Å². The second-order valence-electron chi connectivity index (χ2n) is 4.49. The van der Waals surface area contributed by atoms with E-state index in [2.05, 4.69) is 5.32 Å². The van der Waals surface area contributed by atoms with E-state index in [0.29, 0.717) is 6.54 Å². The van der Waals surface area contributed by atoms with E-state index in [9.17, 15) is 14.4 Å². The molecule has 0 aromatic rings. The maximum Gasteiger partial charge on any atom is 0.303 e. The fraction of sp³-hybridized carbons (Fsp3) is 0.750. The smallest absolute Gasteiger partial charge is 0.303 e. The Bertz CT molecular complexity index is 369. The molecule has 7 heteroatoms. The molecule has 0 spiro atoms. The molecule has 7 nitrogen and oxygen atoms in total. The van der Waals surface area contributed by atoms with E-state index in [1.54, 1.807) is 6.92 Å². The van der Waals surface area contributed by atoms with Crippen LogP contribution in [0.15, 0.2) is 0 Å². The van der Waals surface area contributed by atoms with Crippen LogP contribution in [0.25, 0.3) is 0 Å². The first-order valence-electron chi connectivity index (χ1n) is 6.06. The molecule has 0 aromatic heterocycles. The highest BCUT2D eigenvalue weighted by Crippen LogP contribution is 2.20. The maximum atomic E-state index is 11.2. The molecular weight excluding hydrogens is 254 g/mol. The first-order chi connectivity index (χ1) is 8.81. The Morgan fingerprint density at radius 3 is 1.84 bits per heavy atom. The van der Waals surface area contributed by atoms with E-state index in [0.717, 1.165) is 0 Å². The van der Waals surface area contributed by atoms with Crippen molar-refractivity contribution >= 4 is 17.9 Å². The van der Waals surface area contributed by atoms with Crippen LogP contribution in [0.4, 0.5) is 0 Å². The normalized spacial score (nSPS) is 30.3. The van der Waals surface area contributed by atoms with Crippen molar-refractivity contribution in [3.63, 3.8) is 0 Å². The predicted molar refractivity (Wildman–Crippen MR) is 64.1 cm³/mol. The van der Waals surface area contributed by atoms with Crippen LogP contribution >= 0.6 is 0 Å². The van der Waals surface area contributed by atoms with Crippen LogP contribution in [-0.4, -0.2) is 48.8 Å². The van der Waals surface area contributed by atoms with Gasteiger partial charge < -0.3 is 19.5 Å². The molecule has 0 unspecified atom stereocenters. The molecule has 0 radical (unpaired) electrons. The molecule has 1 aliphatic rings. The number of nitrogens with one attached hydrogen (secondary N) is 1. The summed E-state index contributed by atoms with van der Waals surface area (Å²) in [5, 5.41) is 3.05. The van der Waals surface area contributed by atoms with Gasteiger partial charge in [-0.1, -0.05) is 0 Å². The molecule has 0 bridgehead atoms. The van der Waals surface area contributed by atoms with Gasteiger partial charge in [-0.25, -0.2) is 0 Å². The lowest BCUT2D eigenvalue weighted by molar-refractivity contribution is -0.190. The Morgan fingerprint density at radius 1 is 0.895 bits per heavy atom. The lowest BCUT2D eigenvalue weighted by Gasteiger charge is -2.40. The number of carbonyl (C=O) groups excluding carboxylic acids is 3. The average molecular weight is 273 g/mol. The van der Waals surface area contributed by atoms with Gasteiger partial charge in [0.1, 0.15) is 0 Å². The third-order valence-corrected chi connectivity index (χ3v) is 2.75. The fourth-order valence-corrected chi connectivity index (χ4v) is 2.05. The fourth-order valence-electron chi connectivity index (χ4n) is 2.05. The molecule has 0 saturated carbocycles. The standard InChI is InChI=1S/C12H19NO6/c1-6-11(18-8(3)15)12(19-9(4)16)10(5-13-6)17-7(2)14/h6,10-13H,5H2,1-4H3/t6-,10+,11+,12-/m0/s1. The number of esters is 3. The molecule has 108 valence electrons. The van der Waals surface area contributed by atoms with E-state index in [-0.39, 0.29) is 6.04 Å². The minimum atomic E-state index is -0.804. The first-order valence-corrected chi connectivity index (χ1v) is 6.06. The lowest BCUT2D eigenvalue weighted by Crippen LogP contribution is -2.62. The quantitative estimate of drug-likeness (QED) is 0.561. The van der Waals surface area contributed by atoms with E-state index in [4.69, 9.17) is 14.2 Å². The topological polar surface area (TPSA) is 90.9 Å². The molecule has 0 aliphatic carbocycles. The van der Waals surface area contributed by atoms with Crippen molar-refractivity contribution in [1.29, 1.82) is 0 Å². The van der Waals surface area contributed by atoms with Crippen LogP contribution in [0.3, 0.4) is 0 Å². The number of rotatable bonds is 3. The predicted octanol–water partition coefficient (Wildman–Crippen LogP) is -0.227. The van der Waals surface area contributed by atoms with Crippen LogP contribution in [0, 0.1) is 0 Å². The average Bonchev–Trinajstić information content (AvgIpc) is 2.25. The molecule has 1 rings (SSSR count). The molecule has 1 heterocycles. The molecule has 0 aromatic carbocycles. The summed E-state index contributed by atoms with van der Waals surface area (Å²) in [5.41, 5.74) is 0. The van der Waals surface area contributed by atoms with Gasteiger partial charge in [0.15, 0.2) is 18.3 Å². The maximum absolute atomic E-state index is 11.2. The third kappa shape index (κ3) is 4.51. The summed E-state index contributed by atoms with van der Waals surface area (Å²) in [4.78, 5) is 33.3. The number of ether oxygens (including phenoxy) is 3. The van der Waals surface area contributed by atoms with Crippen LogP contribution in [0.1, 0.15) is 27.7 Å². The van der Waals surface area contributed by atoms with Gasteiger partial charge in [0.05, 0.1) is 0 Å². The number of carbonyl (C=O) groups is 3. The molecule has 1 N–H and O–H groups in total. The zero-order valence-electron chi connectivity index (χ0n) is 11.5. The van der Waals surface area contributed by atoms with E-state index < -0.39 is 36.2 Å². The summed E-state index contributed by atoms with van der Waals surface area (Å²) >= 11 is 0. The summed E-state index contributed by atoms with van der Waals surface area (Å²) in [7, 11) is 0. The molecule has 19 heavy (non-hydrogen) atoms. The first kappa shape index (κ1) is 15.4. The number of piperidine rings is 1. The van der Waals surface area contributed by atoms with Crippen molar-refractivity contribution < 1.29 is 28.6 Å². The van der Waals surface area contributed by atoms with Gasteiger partial charge >= 0.3 is 17.9 Å².